The molecule has 1 saturated heterocycles. The van der Waals surface area contributed by atoms with Crippen molar-refractivity contribution in [1.82, 2.24) is 4.90 Å². The number of hydrogen-bond donors (Lipinski definition) is 1. The van der Waals surface area contributed by atoms with Gasteiger partial charge in [0, 0.05) is 19.5 Å². The standard InChI is InChI=1S/C21H22N2O2/c22-15-17-3-1-16(2-4-17)5-10-21(25)23-13-11-19(12-14-23)18-6-8-20(24)9-7-18/h1-4,6-9,19,24H,5,10-14H2. The van der Waals surface area contributed by atoms with E-state index in [2.05, 4.69) is 6.07 Å². The lowest BCUT2D eigenvalue weighted by Gasteiger charge is -2.32. The quantitative estimate of drug-likeness (QED) is 0.929. The van der Waals surface area contributed by atoms with Gasteiger partial charge >= 0.3 is 0 Å². The number of phenolic OH excluding ortho intramolecular Hbond substituents is 1. The van der Waals surface area contributed by atoms with Crippen molar-refractivity contribution in [2.24, 2.45) is 0 Å². The van der Waals surface area contributed by atoms with Crippen LogP contribution in [0.15, 0.2) is 48.5 Å². The third kappa shape index (κ3) is 4.39. The predicted octanol–water partition coefficient (Wildman–Crippen LogP) is 3.60. The highest BCUT2D eigenvalue weighted by molar-refractivity contribution is 5.76. The Morgan fingerprint density at radius 3 is 2.32 bits per heavy atom. The number of aromatic hydroxyl groups is 1. The van der Waals surface area contributed by atoms with Gasteiger partial charge in [-0.3, -0.25) is 4.79 Å². The molecule has 0 saturated carbocycles. The van der Waals surface area contributed by atoms with Gasteiger partial charge in [-0.05, 0) is 60.6 Å². The Morgan fingerprint density at radius 1 is 1.08 bits per heavy atom. The van der Waals surface area contributed by atoms with E-state index in [4.69, 9.17) is 5.26 Å². The molecule has 4 heteroatoms. The topological polar surface area (TPSA) is 64.3 Å². The first-order valence-electron chi connectivity index (χ1n) is 8.71. The molecule has 128 valence electrons. The molecule has 2 aromatic rings. The van der Waals surface area contributed by atoms with Crippen molar-refractivity contribution < 1.29 is 9.90 Å². The molecule has 1 amide bonds. The van der Waals surface area contributed by atoms with Gasteiger partial charge in [-0.25, -0.2) is 0 Å². The summed E-state index contributed by atoms with van der Waals surface area (Å²) in [7, 11) is 0. The molecular weight excluding hydrogens is 312 g/mol. The van der Waals surface area contributed by atoms with E-state index in [-0.39, 0.29) is 5.91 Å². The zero-order valence-electron chi connectivity index (χ0n) is 14.2. The lowest BCUT2D eigenvalue weighted by molar-refractivity contribution is -0.132. The number of amides is 1. The third-order valence-corrected chi connectivity index (χ3v) is 4.92. The maximum atomic E-state index is 12.4. The van der Waals surface area contributed by atoms with Crippen LogP contribution in [0.3, 0.4) is 0 Å². The Balaban J connectivity index is 1.48. The number of piperidine rings is 1. The first-order valence-corrected chi connectivity index (χ1v) is 8.71. The van der Waals surface area contributed by atoms with Crippen molar-refractivity contribution in [3.63, 3.8) is 0 Å². The number of phenols is 1. The first-order chi connectivity index (χ1) is 12.2. The summed E-state index contributed by atoms with van der Waals surface area (Å²) in [6.45, 7) is 1.58. The monoisotopic (exact) mass is 334 g/mol. The SMILES string of the molecule is N#Cc1ccc(CCC(=O)N2CCC(c3ccc(O)cc3)CC2)cc1. The van der Waals surface area contributed by atoms with Crippen molar-refractivity contribution in [3.05, 3.63) is 65.2 Å². The molecule has 3 rings (SSSR count). The molecule has 0 aromatic heterocycles. The van der Waals surface area contributed by atoms with Gasteiger partial charge in [-0.15, -0.1) is 0 Å². The van der Waals surface area contributed by atoms with Crippen LogP contribution >= 0.6 is 0 Å². The molecule has 1 aliphatic rings. The minimum absolute atomic E-state index is 0.202. The smallest absolute Gasteiger partial charge is 0.222 e. The number of carbonyl (C=O) groups is 1. The minimum Gasteiger partial charge on any atom is -0.508 e. The van der Waals surface area contributed by atoms with Crippen molar-refractivity contribution >= 4 is 5.91 Å². The van der Waals surface area contributed by atoms with Gasteiger partial charge in [-0.1, -0.05) is 24.3 Å². The molecule has 0 aliphatic carbocycles. The highest BCUT2D eigenvalue weighted by atomic mass is 16.3. The fourth-order valence-corrected chi connectivity index (χ4v) is 3.36. The van der Waals surface area contributed by atoms with Gasteiger partial charge < -0.3 is 10.0 Å². The fourth-order valence-electron chi connectivity index (χ4n) is 3.36. The van der Waals surface area contributed by atoms with Gasteiger partial charge in [0.1, 0.15) is 5.75 Å². The number of aryl methyl sites for hydroxylation is 1. The van der Waals surface area contributed by atoms with E-state index in [1.807, 2.05) is 29.2 Å². The van der Waals surface area contributed by atoms with Gasteiger partial charge in [0.25, 0.3) is 0 Å². The summed E-state index contributed by atoms with van der Waals surface area (Å²) in [5, 5.41) is 18.2. The molecule has 1 aliphatic heterocycles. The van der Waals surface area contributed by atoms with Crippen LogP contribution in [0.25, 0.3) is 0 Å². The summed E-state index contributed by atoms with van der Waals surface area (Å²) in [4.78, 5) is 14.4. The highest BCUT2D eigenvalue weighted by Crippen LogP contribution is 2.29. The van der Waals surface area contributed by atoms with Crippen LogP contribution in [0.4, 0.5) is 0 Å². The minimum atomic E-state index is 0.202. The van der Waals surface area contributed by atoms with E-state index in [1.165, 1.54) is 5.56 Å². The summed E-state index contributed by atoms with van der Waals surface area (Å²) in [5.74, 6) is 0.954. The largest absolute Gasteiger partial charge is 0.508 e. The fraction of sp³-hybridized carbons (Fsp3) is 0.333. The molecule has 1 heterocycles. The number of nitrogens with zero attached hydrogens (tertiary/aromatic N) is 2. The molecule has 0 bridgehead atoms. The lowest BCUT2D eigenvalue weighted by Crippen LogP contribution is -2.38. The van der Waals surface area contributed by atoms with Crippen LogP contribution in [-0.4, -0.2) is 29.0 Å². The molecule has 25 heavy (non-hydrogen) atoms. The molecule has 1 N–H and O–H groups in total. The number of likely N-dealkylation sites (tertiary alicyclic amines) is 1. The Morgan fingerprint density at radius 2 is 1.72 bits per heavy atom. The van der Waals surface area contributed by atoms with Crippen LogP contribution in [0.5, 0.6) is 5.75 Å². The Bertz CT molecular complexity index is 752. The number of carbonyl (C=O) groups excluding carboxylic acids is 1. The Labute approximate surface area is 148 Å². The van der Waals surface area contributed by atoms with Gasteiger partial charge in [0.2, 0.25) is 5.91 Å². The molecular formula is C21H22N2O2. The molecule has 0 atom stereocenters. The second kappa shape index (κ2) is 7.85. The van der Waals surface area contributed by atoms with Crippen molar-refractivity contribution in [2.75, 3.05) is 13.1 Å². The van der Waals surface area contributed by atoms with Crippen molar-refractivity contribution in [2.45, 2.75) is 31.6 Å². The van der Waals surface area contributed by atoms with Gasteiger partial charge in [0.15, 0.2) is 0 Å². The van der Waals surface area contributed by atoms with Gasteiger partial charge in [-0.2, -0.15) is 5.26 Å². The summed E-state index contributed by atoms with van der Waals surface area (Å²) in [6.07, 6.45) is 3.15. The normalized spacial score (nSPS) is 14.9. The summed E-state index contributed by atoms with van der Waals surface area (Å²) >= 11 is 0. The maximum Gasteiger partial charge on any atom is 0.222 e. The number of hydrogen-bond acceptors (Lipinski definition) is 3. The van der Waals surface area contributed by atoms with Crippen LogP contribution < -0.4 is 0 Å². The number of rotatable bonds is 4. The van der Waals surface area contributed by atoms with Crippen LogP contribution in [0.2, 0.25) is 0 Å². The van der Waals surface area contributed by atoms with E-state index in [9.17, 15) is 9.90 Å². The lowest BCUT2D eigenvalue weighted by atomic mass is 9.89. The van der Waals surface area contributed by atoms with Crippen molar-refractivity contribution in [1.29, 1.82) is 5.26 Å². The number of nitriles is 1. The maximum absolute atomic E-state index is 12.4. The van der Waals surface area contributed by atoms with E-state index < -0.39 is 0 Å². The predicted molar refractivity (Wildman–Crippen MR) is 96.1 cm³/mol. The third-order valence-electron chi connectivity index (χ3n) is 4.92. The second-order valence-corrected chi connectivity index (χ2v) is 6.56. The van der Waals surface area contributed by atoms with E-state index in [0.717, 1.165) is 31.5 Å². The Hall–Kier alpha value is -2.80. The number of benzene rings is 2. The second-order valence-electron chi connectivity index (χ2n) is 6.56. The van der Waals surface area contributed by atoms with E-state index >= 15 is 0 Å². The molecule has 1 fully saturated rings. The van der Waals surface area contributed by atoms with E-state index in [0.29, 0.717) is 30.1 Å². The average Bonchev–Trinajstić information content (AvgIpc) is 2.67. The molecule has 0 unspecified atom stereocenters. The van der Waals surface area contributed by atoms with Crippen LogP contribution in [-0.2, 0) is 11.2 Å². The zero-order valence-corrected chi connectivity index (χ0v) is 14.2. The van der Waals surface area contributed by atoms with Gasteiger partial charge in [0.05, 0.1) is 11.6 Å². The molecule has 0 spiro atoms. The molecule has 2 aromatic carbocycles. The molecule has 4 nitrogen and oxygen atoms in total. The van der Waals surface area contributed by atoms with E-state index in [1.54, 1.807) is 24.3 Å². The summed E-state index contributed by atoms with van der Waals surface area (Å²) < 4.78 is 0. The Kier molecular flexibility index (Phi) is 5.35. The summed E-state index contributed by atoms with van der Waals surface area (Å²) in [5.41, 5.74) is 2.97. The summed E-state index contributed by atoms with van der Waals surface area (Å²) in [6, 6.07) is 16.9. The van der Waals surface area contributed by atoms with Crippen molar-refractivity contribution in [3.8, 4) is 11.8 Å². The highest BCUT2D eigenvalue weighted by Gasteiger charge is 2.23. The van der Waals surface area contributed by atoms with Crippen LogP contribution in [0.1, 0.15) is 41.9 Å². The van der Waals surface area contributed by atoms with Crippen LogP contribution in [0, 0.1) is 11.3 Å². The zero-order chi connectivity index (χ0) is 17.6. The average molecular weight is 334 g/mol. The molecule has 0 radical (unpaired) electrons. The first kappa shape index (κ1) is 17.0.